The zero-order chi connectivity index (χ0) is 10.8. The summed E-state index contributed by atoms with van der Waals surface area (Å²) in [6, 6.07) is 6.63. The Morgan fingerprint density at radius 2 is 2.00 bits per heavy atom. The van der Waals surface area contributed by atoms with Gasteiger partial charge in [-0.15, -0.1) is 0 Å². The predicted molar refractivity (Wildman–Crippen MR) is 51.2 cm³/mol. The van der Waals surface area contributed by atoms with Gasteiger partial charge in [-0.1, -0.05) is 12.1 Å². The maximum absolute atomic E-state index is 11.9. The molecule has 0 aliphatic carbocycles. The number of aromatic nitrogens is 1. The van der Waals surface area contributed by atoms with E-state index >= 15 is 0 Å². The highest BCUT2D eigenvalue weighted by molar-refractivity contribution is 5.79. The van der Waals surface area contributed by atoms with Crippen molar-refractivity contribution in [3.8, 4) is 5.75 Å². The van der Waals surface area contributed by atoms with Gasteiger partial charge < -0.3 is 9.72 Å². The molecule has 0 unspecified atom stereocenters. The van der Waals surface area contributed by atoms with Gasteiger partial charge in [-0.05, 0) is 12.1 Å². The summed E-state index contributed by atoms with van der Waals surface area (Å²) >= 11 is 0. The number of alkyl halides is 2. The molecule has 2 rings (SSSR count). The molecule has 1 heterocycles. The summed E-state index contributed by atoms with van der Waals surface area (Å²) in [5.74, 6) is -0.372. The first kappa shape index (κ1) is 9.64. The Balaban J connectivity index is 2.60. The first-order valence-corrected chi connectivity index (χ1v) is 4.24. The molecule has 0 fully saturated rings. The van der Waals surface area contributed by atoms with Crippen molar-refractivity contribution in [2.45, 2.75) is 6.61 Å². The molecule has 0 bridgehead atoms. The van der Waals surface area contributed by atoms with Crippen LogP contribution in [0.4, 0.5) is 8.78 Å². The molecule has 0 aliphatic rings. The lowest BCUT2D eigenvalue weighted by atomic mass is 10.2. The molecule has 0 radical (unpaired) electrons. The van der Waals surface area contributed by atoms with Gasteiger partial charge in [0.05, 0.1) is 0 Å². The van der Waals surface area contributed by atoms with Crippen LogP contribution < -0.4 is 10.2 Å². The first-order valence-electron chi connectivity index (χ1n) is 4.24. The summed E-state index contributed by atoms with van der Waals surface area (Å²) in [4.78, 5) is 14.3. The van der Waals surface area contributed by atoms with Gasteiger partial charge in [-0.2, -0.15) is 8.78 Å². The molecule has 3 nitrogen and oxygen atoms in total. The van der Waals surface area contributed by atoms with E-state index < -0.39 is 12.0 Å². The van der Waals surface area contributed by atoms with Crippen molar-refractivity contribution < 1.29 is 13.5 Å². The average molecular weight is 211 g/mol. The number of fused-ring (bicyclic) bond motifs is 1. The van der Waals surface area contributed by atoms with Crippen molar-refractivity contribution in [3.63, 3.8) is 0 Å². The fraction of sp³-hybridized carbons (Fsp3) is 0.100. The number of benzene rings is 1. The Morgan fingerprint density at radius 3 is 2.73 bits per heavy atom. The molecule has 0 amide bonds. The van der Waals surface area contributed by atoms with Crippen molar-refractivity contribution in [2.75, 3.05) is 0 Å². The van der Waals surface area contributed by atoms with Crippen molar-refractivity contribution in [2.24, 2.45) is 0 Å². The molecule has 15 heavy (non-hydrogen) atoms. The molecule has 1 aromatic carbocycles. The molecular formula is C10H7F2NO2. The number of aromatic amines is 1. The lowest BCUT2D eigenvalue weighted by Crippen LogP contribution is -2.12. The normalized spacial score (nSPS) is 10.9. The Bertz CT molecular complexity index is 536. The van der Waals surface area contributed by atoms with Gasteiger partial charge in [0.1, 0.15) is 0 Å². The number of halogens is 2. The zero-order valence-corrected chi connectivity index (χ0v) is 7.54. The highest BCUT2D eigenvalue weighted by Crippen LogP contribution is 2.12. The van der Waals surface area contributed by atoms with Gasteiger partial charge >= 0.3 is 6.61 Å². The van der Waals surface area contributed by atoms with E-state index in [-0.39, 0.29) is 5.75 Å². The van der Waals surface area contributed by atoms with Crippen molar-refractivity contribution in [1.82, 2.24) is 4.98 Å². The summed E-state index contributed by atoms with van der Waals surface area (Å²) in [7, 11) is 0. The maximum atomic E-state index is 11.9. The predicted octanol–water partition coefficient (Wildman–Crippen LogP) is 2.13. The van der Waals surface area contributed by atoms with Gasteiger partial charge in [0.25, 0.3) is 0 Å². The third-order valence-corrected chi connectivity index (χ3v) is 1.97. The van der Waals surface area contributed by atoms with Crippen molar-refractivity contribution in [3.05, 3.63) is 40.7 Å². The average Bonchev–Trinajstić information content (AvgIpc) is 2.22. The van der Waals surface area contributed by atoms with Crippen LogP contribution >= 0.6 is 0 Å². The molecule has 0 spiro atoms. The largest absolute Gasteiger partial charge is 0.429 e. The minimum absolute atomic E-state index is 0.329. The number of rotatable bonds is 2. The number of hydrogen-bond acceptors (Lipinski definition) is 2. The second kappa shape index (κ2) is 3.68. The molecule has 1 aromatic heterocycles. The summed E-state index contributed by atoms with van der Waals surface area (Å²) in [5, 5.41) is 0.329. The molecule has 0 saturated heterocycles. The van der Waals surface area contributed by atoms with E-state index in [9.17, 15) is 13.6 Å². The lowest BCUT2D eigenvalue weighted by molar-refractivity contribution is -0.0506. The van der Waals surface area contributed by atoms with Crippen molar-refractivity contribution in [1.29, 1.82) is 0 Å². The topological polar surface area (TPSA) is 42.1 Å². The minimum atomic E-state index is -2.99. The second-order valence-corrected chi connectivity index (χ2v) is 2.91. The SMILES string of the molecule is O=c1c(OC(F)F)c[nH]c2ccccc12. The van der Waals surface area contributed by atoms with Crippen LogP contribution in [0.2, 0.25) is 0 Å². The van der Waals surface area contributed by atoms with Gasteiger partial charge in [-0.3, -0.25) is 4.79 Å². The lowest BCUT2D eigenvalue weighted by Gasteiger charge is -2.04. The summed E-state index contributed by atoms with van der Waals surface area (Å²) in [6.45, 7) is -2.99. The number of ether oxygens (including phenoxy) is 1. The summed E-state index contributed by atoms with van der Waals surface area (Å²) in [5.41, 5.74) is 0.0498. The third kappa shape index (κ3) is 1.81. The van der Waals surface area contributed by atoms with Gasteiger partial charge in [0, 0.05) is 17.1 Å². The maximum Gasteiger partial charge on any atom is 0.387 e. The molecule has 2 aromatic rings. The molecular weight excluding hydrogens is 204 g/mol. The smallest absolute Gasteiger partial charge is 0.387 e. The second-order valence-electron chi connectivity index (χ2n) is 2.91. The van der Waals surface area contributed by atoms with Crippen LogP contribution in [-0.4, -0.2) is 11.6 Å². The zero-order valence-electron chi connectivity index (χ0n) is 7.54. The number of nitrogens with one attached hydrogen (secondary N) is 1. The van der Waals surface area contributed by atoms with Crippen LogP contribution in [-0.2, 0) is 0 Å². The fourth-order valence-corrected chi connectivity index (χ4v) is 1.33. The first-order chi connectivity index (χ1) is 7.18. The van der Waals surface area contributed by atoms with Crippen LogP contribution in [0, 0.1) is 0 Å². The molecule has 1 N–H and O–H groups in total. The van der Waals surface area contributed by atoms with E-state index in [0.717, 1.165) is 6.20 Å². The quantitative estimate of drug-likeness (QED) is 0.826. The van der Waals surface area contributed by atoms with Gasteiger partial charge in [0.15, 0.2) is 5.75 Å². The van der Waals surface area contributed by atoms with E-state index in [1.54, 1.807) is 24.3 Å². The fourth-order valence-electron chi connectivity index (χ4n) is 1.33. The highest BCUT2D eigenvalue weighted by atomic mass is 19.3. The summed E-state index contributed by atoms with van der Waals surface area (Å²) in [6.07, 6.45) is 1.14. The van der Waals surface area contributed by atoms with E-state index in [2.05, 4.69) is 9.72 Å². The highest BCUT2D eigenvalue weighted by Gasteiger charge is 2.10. The van der Waals surface area contributed by atoms with E-state index in [1.165, 1.54) is 0 Å². The minimum Gasteiger partial charge on any atom is -0.429 e. The standard InChI is InChI=1S/C10H7F2NO2/c11-10(12)15-8-5-13-7-4-2-1-3-6(7)9(8)14/h1-5,10H,(H,13,14). The molecule has 0 saturated carbocycles. The number of para-hydroxylation sites is 1. The van der Waals surface area contributed by atoms with E-state index in [4.69, 9.17) is 0 Å². The molecule has 5 heteroatoms. The van der Waals surface area contributed by atoms with Crippen LogP contribution in [0.3, 0.4) is 0 Å². The van der Waals surface area contributed by atoms with Crippen LogP contribution in [0.1, 0.15) is 0 Å². The Labute approximate surface area is 83.3 Å². The number of hydrogen-bond donors (Lipinski definition) is 1. The summed E-state index contributed by atoms with van der Waals surface area (Å²) < 4.78 is 27.9. The third-order valence-electron chi connectivity index (χ3n) is 1.97. The monoisotopic (exact) mass is 211 g/mol. The van der Waals surface area contributed by atoms with E-state index in [1.807, 2.05) is 0 Å². The van der Waals surface area contributed by atoms with Crippen LogP contribution in [0.5, 0.6) is 5.75 Å². The Kier molecular flexibility index (Phi) is 2.37. The number of H-pyrrole nitrogens is 1. The van der Waals surface area contributed by atoms with Gasteiger partial charge in [0.2, 0.25) is 5.43 Å². The van der Waals surface area contributed by atoms with Gasteiger partial charge in [-0.25, -0.2) is 0 Å². The van der Waals surface area contributed by atoms with Crippen molar-refractivity contribution >= 4 is 10.9 Å². The molecule has 0 aliphatic heterocycles. The Morgan fingerprint density at radius 1 is 1.27 bits per heavy atom. The van der Waals surface area contributed by atoms with Crippen LogP contribution in [0.15, 0.2) is 35.3 Å². The number of pyridine rings is 1. The molecule has 78 valence electrons. The molecule has 0 atom stereocenters. The Hall–Kier alpha value is -1.91. The van der Waals surface area contributed by atoms with E-state index in [0.29, 0.717) is 10.9 Å². The van der Waals surface area contributed by atoms with Crippen LogP contribution in [0.25, 0.3) is 10.9 Å².